The molecule has 1 aliphatic rings. The number of phosphoric ester groups is 1. The molecule has 150 valence electrons. The van der Waals surface area contributed by atoms with Gasteiger partial charge in [-0.1, -0.05) is 13.8 Å². The second-order valence-corrected chi connectivity index (χ2v) is 6.40. The summed E-state index contributed by atoms with van der Waals surface area (Å²) < 4.78 is 32.6. The van der Waals surface area contributed by atoms with E-state index in [1.807, 2.05) is 13.8 Å². The largest absolute Gasteiger partial charge is 0.472 e. The summed E-state index contributed by atoms with van der Waals surface area (Å²) in [5, 5.41) is 14.2. The van der Waals surface area contributed by atoms with E-state index in [0.717, 1.165) is 7.11 Å². The minimum Gasteiger partial charge on any atom is -0.387 e. The molecule has 12 nitrogen and oxygen atoms in total. The number of aromatic nitrogens is 3. The first-order chi connectivity index (χ1) is 12.3. The van der Waals surface area contributed by atoms with Crippen LogP contribution < -0.4 is 5.73 Å². The van der Waals surface area contributed by atoms with E-state index < -0.39 is 44.9 Å². The van der Waals surface area contributed by atoms with E-state index in [2.05, 4.69) is 14.6 Å². The fourth-order valence-corrected chi connectivity index (χ4v) is 2.61. The maximum absolute atomic E-state index is 11.3. The minimum atomic E-state index is -4.22. The van der Waals surface area contributed by atoms with E-state index >= 15 is 0 Å². The molecule has 4 N–H and O–H groups in total. The molecule has 1 aromatic heterocycles. The average molecular weight is 396 g/mol. The van der Waals surface area contributed by atoms with Crippen molar-refractivity contribution in [3.63, 3.8) is 0 Å². The number of rotatable bonds is 8. The lowest BCUT2D eigenvalue weighted by Crippen LogP contribution is -2.36. The Morgan fingerprint density at radius 1 is 1.50 bits per heavy atom. The van der Waals surface area contributed by atoms with Crippen LogP contribution in [-0.4, -0.2) is 69.3 Å². The van der Waals surface area contributed by atoms with Gasteiger partial charge in [0.15, 0.2) is 6.23 Å². The van der Waals surface area contributed by atoms with Crippen LogP contribution in [0.4, 0.5) is 0 Å². The second-order valence-electron chi connectivity index (χ2n) is 4.83. The van der Waals surface area contributed by atoms with Crippen LogP contribution in [0.5, 0.6) is 0 Å². The van der Waals surface area contributed by atoms with Crippen LogP contribution in [-0.2, 0) is 23.1 Å². The zero-order valence-electron chi connectivity index (χ0n) is 15.0. The van der Waals surface area contributed by atoms with Crippen molar-refractivity contribution < 1.29 is 37.9 Å². The van der Waals surface area contributed by atoms with Crippen molar-refractivity contribution in [2.45, 2.75) is 45.3 Å². The number of carbonyl (C=O) groups excluding carboxylic acids is 1. The monoisotopic (exact) mass is 396 g/mol. The van der Waals surface area contributed by atoms with Crippen LogP contribution in [0.2, 0.25) is 0 Å². The number of hydrogen-bond donors (Lipinski definition) is 3. The van der Waals surface area contributed by atoms with Crippen molar-refractivity contribution in [3.05, 3.63) is 12.2 Å². The lowest BCUT2D eigenvalue weighted by atomic mass is 10.1. The van der Waals surface area contributed by atoms with Crippen LogP contribution >= 0.6 is 7.82 Å². The van der Waals surface area contributed by atoms with Crippen molar-refractivity contribution in [1.29, 1.82) is 0 Å². The van der Waals surface area contributed by atoms with Crippen molar-refractivity contribution >= 4 is 13.7 Å². The van der Waals surface area contributed by atoms with Crippen LogP contribution in [0.3, 0.4) is 0 Å². The molecule has 0 bridgehead atoms. The van der Waals surface area contributed by atoms with Gasteiger partial charge in [0.25, 0.3) is 5.91 Å². The Balaban J connectivity index is 0.00000163. The number of nitrogens with zero attached hydrogens (tertiary/aromatic N) is 3. The first-order valence-corrected chi connectivity index (χ1v) is 9.47. The Morgan fingerprint density at radius 2 is 2.15 bits per heavy atom. The van der Waals surface area contributed by atoms with Crippen LogP contribution in [0.15, 0.2) is 6.33 Å². The van der Waals surface area contributed by atoms with E-state index in [9.17, 15) is 19.4 Å². The van der Waals surface area contributed by atoms with E-state index in [0.29, 0.717) is 0 Å². The molecule has 0 aromatic carbocycles. The van der Waals surface area contributed by atoms with E-state index in [1.165, 1.54) is 11.0 Å². The van der Waals surface area contributed by atoms with Gasteiger partial charge in [-0.2, -0.15) is 0 Å². The molecule has 0 spiro atoms. The summed E-state index contributed by atoms with van der Waals surface area (Å²) in [5.41, 5.74) is 5.09. The molecule has 2 heterocycles. The Hall–Kier alpha value is -1.40. The van der Waals surface area contributed by atoms with Gasteiger partial charge < -0.3 is 25.2 Å². The standard InChI is InChI=1S/C11H19N4O8P.C2H6/c1-3-21-8-7(16)6(4-22-24(18,19)20-2)23-11(8)15-5-13-10(14-15)9(12)17;1-2/h5-8,11,16H,3-4H2,1-2H3,(H2,12,17)(H,18,19);1-2H3/t6-,7+,8?,11-;/m1./s1. The first-order valence-electron chi connectivity index (χ1n) is 7.98. The quantitative estimate of drug-likeness (QED) is 0.502. The molecular weight excluding hydrogens is 371 g/mol. The van der Waals surface area contributed by atoms with E-state index in [-0.39, 0.29) is 12.4 Å². The first kappa shape index (κ1) is 22.6. The van der Waals surface area contributed by atoms with Crippen LogP contribution in [0, 0.1) is 0 Å². The predicted molar refractivity (Wildman–Crippen MR) is 88.0 cm³/mol. The van der Waals surface area contributed by atoms with Gasteiger partial charge in [-0.15, -0.1) is 5.10 Å². The summed E-state index contributed by atoms with van der Waals surface area (Å²) >= 11 is 0. The molecule has 1 amide bonds. The molecule has 2 unspecified atom stereocenters. The Morgan fingerprint density at radius 3 is 2.65 bits per heavy atom. The number of hydrogen-bond acceptors (Lipinski definition) is 9. The van der Waals surface area contributed by atoms with Gasteiger partial charge in [0.05, 0.1) is 6.61 Å². The summed E-state index contributed by atoms with van der Waals surface area (Å²) in [4.78, 5) is 24.1. The molecule has 26 heavy (non-hydrogen) atoms. The van der Waals surface area contributed by atoms with Gasteiger partial charge in [-0.3, -0.25) is 13.8 Å². The fourth-order valence-electron chi connectivity index (χ4n) is 2.17. The molecule has 1 aliphatic heterocycles. The topological polar surface area (TPSA) is 168 Å². The molecule has 13 heteroatoms. The molecule has 1 saturated heterocycles. The molecule has 5 atom stereocenters. The summed E-state index contributed by atoms with van der Waals surface area (Å²) in [7, 11) is -3.20. The van der Waals surface area contributed by atoms with Crippen LogP contribution in [0.25, 0.3) is 0 Å². The highest BCUT2D eigenvalue weighted by Crippen LogP contribution is 2.43. The summed E-state index contributed by atoms with van der Waals surface area (Å²) in [6.45, 7) is 5.57. The van der Waals surface area contributed by atoms with Gasteiger partial charge in [0.2, 0.25) is 5.82 Å². The maximum atomic E-state index is 11.3. The third kappa shape index (κ3) is 5.55. The normalized spacial score (nSPS) is 27.5. The maximum Gasteiger partial charge on any atom is 0.472 e. The number of phosphoric acid groups is 1. The highest BCUT2D eigenvalue weighted by molar-refractivity contribution is 7.47. The lowest BCUT2D eigenvalue weighted by molar-refractivity contribution is -0.0753. The van der Waals surface area contributed by atoms with Crippen molar-refractivity contribution in [2.24, 2.45) is 5.73 Å². The highest BCUT2D eigenvalue weighted by atomic mass is 31.2. The number of ether oxygens (including phenoxy) is 2. The highest BCUT2D eigenvalue weighted by Gasteiger charge is 2.47. The zero-order chi connectivity index (χ0) is 19.9. The molecule has 0 radical (unpaired) electrons. The third-order valence-electron chi connectivity index (χ3n) is 3.29. The Kier molecular flexibility index (Phi) is 8.77. The molecular formula is C13H25N4O8P. The minimum absolute atomic E-state index is 0.220. The van der Waals surface area contributed by atoms with Gasteiger partial charge in [-0.05, 0) is 6.92 Å². The van der Waals surface area contributed by atoms with Gasteiger partial charge in [0.1, 0.15) is 24.6 Å². The van der Waals surface area contributed by atoms with Crippen molar-refractivity contribution in [2.75, 3.05) is 20.3 Å². The fraction of sp³-hybridized carbons (Fsp3) is 0.769. The number of carbonyl (C=O) groups is 1. The van der Waals surface area contributed by atoms with Crippen LogP contribution in [0.1, 0.15) is 37.6 Å². The Bertz CT molecular complexity index is 627. The SMILES string of the molecule is CC.CCOC1[C@@H](O)[C@@H](COP(=O)(O)OC)O[C@H]1n1cnc(C(N)=O)n1. The zero-order valence-corrected chi connectivity index (χ0v) is 15.9. The van der Waals surface area contributed by atoms with Crippen molar-refractivity contribution in [1.82, 2.24) is 14.8 Å². The van der Waals surface area contributed by atoms with E-state index in [1.54, 1.807) is 6.92 Å². The van der Waals surface area contributed by atoms with Gasteiger partial charge in [-0.25, -0.2) is 14.2 Å². The van der Waals surface area contributed by atoms with Crippen molar-refractivity contribution in [3.8, 4) is 0 Å². The summed E-state index contributed by atoms with van der Waals surface area (Å²) in [6.07, 6.45) is -2.73. The third-order valence-corrected chi connectivity index (χ3v) is 4.23. The average Bonchev–Trinajstić information content (AvgIpc) is 3.22. The Labute approximate surface area is 150 Å². The number of amides is 1. The smallest absolute Gasteiger partial charge is 0.387 e. The molecule has 0 aliphatic carbocycles. The number of nitrogens with two attached hydrogens (primary N) is 1. The number of aliphatic hydroxyl groups excluding tert-OH is 1. The molecule has 0 saturated carbocycles. The predicted octanol–water partition coefficient (Wildman–Crippen LogP) is -0.170. The molecule has 1 fully saturated rings. The number of primary amides is 1. The molecule has 1 aromatic rings. The second kappa shape index (κ2) is 10.1. The summed E-state index contributed by atoms with van der Waals surface area (Å²) in [6, 6.07) is 0. The summed E-state index contributed by atoms with van der Waals surface area (Å²) in [5.74, 6) is -1.04. The van der Waals surface area contributed by atoms with Gasteiger partial charge in [0, 0.05) is 13.7 Å². The van der Waals surface area contributed by atoms with Gasteiger partial charge >= 0.3 is 7.82 Å². The molecule has 2 rings (SSSR count). The van der Waals surface area contributed by atoms with E-state index in [4.69, 9.17) is 19.7 Å². The lowest BCUT2D eigenvalue weighted by Gasteiger charge is -2.19. The number of aliphatic hydroxyl groups is 1.